The number of carbonyl (C=O) groups is 1. The summed E-state index contributed by atoms with van der Waals surface area (Å²) < 4.78 is 5.91. The van der Waals surface area contributed by atoms with Gasteiger partial charge in [-0.1, -0.05) is 180 Å². The third-order valence-electron chi connectivity index (χ3n) is 10.8. The van der Waals surface area contributed by atoms with Crippen molar-refractivity contribution in [2.45, 2.75) is 213 Å². The smallest absolute Gasteiger partial charge is 0.308 e. The highest BCUT2D eigenvalue weighted by Crippen LogP contribution is 2.25. The second kappa shape index (κ2) is 32.1. The Morgan fingerprint density at radius 3 is 1.70 bits per heavy atom. The van der Waals surface area contributed by atoms with Crippen LogP contribution in [-0.2, 0) is 22.4 Å². The standard InChI is InChI=1S/C47H85NO2/c1-8-10-12-14-16-18-21-26-32-44(33-27-22-19-17-15-13-11-9-2)47(49)50-39-28-24-20-23-25-31-43-36-37-45(41(3)4)40-46(43)35-34-42(5)30-29-38-48(6)7/h36-37,40-41,44H,5,8-35,38-39H2,1-4,6-7H3. The number of esters is 1. The van der Waals surface area contributed by atoms with E-state index in [1.54, 1.807) is 0 Å². The molecule has 3 heteroatoms. The van der Waals surface area contributed by atoms with Crippen LogP contribution >= 0.6 is 0 Å². The summed E-state index contributed by atoms with van der Waals surface area (Å²) in [5.74, 6) is 0.765. The van der Waals surface area contributed by atoms with Crippen molar-refractivity contribution in [3.8, 4) is 0 Å². The van der Waals surface area contributed by atoms with E-state index in [4.69, 9.17) is 4.74 Å². The number of hydrogen-bond donors (Lipinski definition) is 0. The summed E-state index contributed by atoms with van der Waals surface area (Å²) >= 11 is 0. The van der Waals surface area contributed by atoms with E-state index in [1.807, 2.05) is 0 Å². The number of allylic oxidation sites excluding steroid dienone is 1. The summed E-state index contributed by atoms with van der Waals surface area (Å²) in [7, 11) is 4.30. The number of unbranched alkanes of at least 4 members (excludes halogenated alkanes) is 18. The van der Waals surface area contributed by atoms with Crippen LogP contribution in [0.5, 0.6) is 0 Å². The van der Waals surface area contributed by atoms with E-state index < -0.39 is 0 Å². The van der Waals surface area contributed by atoms with Gasteiger partial charge in [-0.3, -0.25) is 4.79 Å². The van der Waals surface area contributed by atoms with Gasteiger partial charge in [0.1, 0.15) is 0 Å². The van der Waals surface area contributed by atoms with E-state index in [0.717, 1.165) is 57.9 Å². The van der Waals surface area contributed by atoms with E-state index in [0.29, 0.717) is 12.5 Å². The zero-order valence-corrected chi connectivity index (χ0v) is 34.6. The minimum absolute atomic E-state index is 0.0913. The van der Waals surface area contributed by atoms with Gasteiger partial charge >= 0.3 is 5.97 Å². The summed E-state index contributed by atoms with van der Waals surface area (Å²) in [6.45, 7) is 15.3. The quantitative estimate of drug-likeness (QED) is 0.0402. The zero-order chi connectivity index (χ0) is 36.7. The molecule has 3 nitrogen and oxygen atoms in total. The largest absolute Gasteiger partial charge is 0.465 e. The lowest BCUT2D eigenvalue weighted by atomic mass is 9.91. The number of rotatable bonds is 35. The Bertz CT molecular complexity index is 930. The van der Waals surface area contributed by atoms with Crippen molar-refractivity contribution in [1.29, 1.82) is 0 Å². The van der Waals surface area contributed by atoms with Crippen molar-refractivity contribution in [3.63, 3.8) is 0 Å². The molecule has 0 saturated carbocycles. The maximum Gasteiger partial charge on any atom is 0.308 e. The average molecular weight is 696 g/mol. The van der Waals surface area contributed by atoms with Crippen LogP contribution in [0.4, 0.5) is 0 Å². The molecular weight excluding hydrogens is 611 g/mol. The van der Waals surface area contributed by atoms with Crippen LogP contribution in [0.25, 0.3) is 0 Å². The second-order valence-corrected chi connectivity index (χ2v) is 16.2. The molecule has 0 unspecified atom stereocenters. The molecule has 0 aliphatic rings. The topological polar surface area (TPSA) is 29.5 Å². The lowest BCUT2D eigenvalue weighted by Gasteiger charge is -2.16. The van der Waals surface area contributed by atoms with E-state index in [-0.39, 0.29) is 11.9 Å². The van der Waals surface area contributed by atoms with Crippen LogP contribution in [-0.4, -0.2) is 38.1 Å². The monoisotopic (exact) mass is 696 g/mol. The number of benzene rings is 1. The van der Waals surface area contributed by atoms with Gasteiger partial charge in [0.05, 0.1) is 12.5 Å². The molecular formula is C47H85NO2. The molecule has 50 heavy (non-hydrogen) atoms. The Kier molecular flexibility index (Phi) is 29.8. The first-order valence-corrected chi connectivity index (χ1v) is 21.9. The zero-order valence-electron chi connectivity index (χ0n) is 34.6. The van der Waals surface area contributed by atoms with Crippen molar-refractivity contribution in [1.82, 2.24) is 4.90 Å². The van der Waals surface area contributed by atoms with Crippen molar-refractivity contribution in [2.24, 2.45) is 5.92 Å². The first-order chi connectivity index (χ1) is 24.3. The predicted octanol–water partition coefficient (Wildman–Crippen LogP) is 14.4. The number of carbonyl (C=O) groups excluding carboxylic acids is 1. The minimum Gasteiger partial charge on any atom is -0.465 e. The average Bonchev–Trinajstić information content (AvgIpc) is 3.09. The fourth-order valence-corrected chi connectivity index (χ4v) is 7.23. The van der Waals surface area contributed by atoms with Crippen molar-refractivity contribution in [2.75, 3.05) is 27.2 Å². The van der Waals surface area contributed by atoms with Gasteiger partial charge < -0.3 is 9.64 Å². The van der Waals surface area contributed by atoms with Crippen LogP contribution in [0.15, 0.2) is 30.4 Å². The van der Waals surface area contributed by atoms with Gasteiger partial charge in [-0.05, 0) is 101 Å². The fraction of sp³-hybridized carbons (Fsp3) is 0.809. The van der Waals surface area contributed by atoms with Crippen LogP contribution in [0.3, 0.4) is 0 Å². The third kappa shape index (κ3) is 25.4. The fourth-order valence-electron chi connectivity index (χ4n) is 7.23. The maximum atomic E-state index is 13.2. The predicted molar refractivity (Wildman–Crippen MR) is 221 cm³/mol. The summed E-state index contributed by atoms with van der Waals surface area (Å²) in [5.41, 5.74) is 5.91. The molecule has 0 saturated heterocycles. The van der Waals surface area contributed by atoms with Gasteiger partial charge in [0.25, 0.3) is 0 Å². The first kappa shape index (κ1) is 46.4. The number of ether oxygens (including phenoxy) is 1. The normalized spacial score (nSPS) is 11.7. The summed E-state index contributed by atoms with van der Waals surface area (Å²) in [4.78, 5) is 15.4. The molecule has 0 bridgehead atoms. The SMILES string of the molecule is C=C(CCCN(C)C)CCc1cc(C(C)C)ccc1CCCCCCCOC(=O)C(CCCCCCCCCC)CCCCCCCCCC. The van der Waals surface area contributed by atoms with Crippen LogP contribution in [0.1, 0.15) is 217 Å². The highest BCUT2D eigenvalue weighted by Gasteiger charge is 2.19. The number of aryl methyl sites for hydroxylation is 2. The van der Waals surface area contributed by atoms with Crippen molar-refractivity contribution < 1.29 is 9.53 Å². The molecule has 1 aromatic rings. The van der Waals surface area contributed by atoms with Crippen molar-refractivity contribution in [3.05, 3.63) is 47.0 Å². The Labute approximate surface area is 313 Å². The van der Waals surface area contributed by atoms with Gasteiger partial charge in [0, 0.05) is 0 Å². The lowest BCUT2D eigenvalue weighted by Crippen LogP contribution is -2.18. The molecule has 290 valence electrons. The van der Waals surface area contributed by atoms with E-state index in [1.165, 1.54) is 151 Å². The summed E-state index contributed by atoms with van der Waals surface area (Å²) in [5, 5.41) is 0. The van der Waals surface area contributed by atoms with E-state index >= 15 is 0 Å². The van der Waals surface area contributed by atoms with E-state index in [9.17, 15) is 4.79 Å². The molecule has 1 aromatic carbocycles. The van der Waals surface area contributed by atoms with E-state index in [2.05, 4.69) is 71.5 Å². The molecule has 0 N–H and O–H groups in total. The molecule has 0 aromatic heterocycles. The second-order valence-electron chi connectivity index (χ2n) is 16.2. The molecule has 0 fully saturated rings. The maximum absolute atomic E-state index is 13.2. The molecule has 0 aliphatic heterocycles. The highest BCUT2D eigenvalue weighted by molar-refractivity contribution is 5.72. The Balaban J connectivity index is 2.40. The third-order valence-corrected chi connectivity index (χ3v) is 10.8. The Hall–Kier alpha value is -1.61. The van der Waals surface area contributed by atoms with Crippen LogP contribution in [0, 0.1) is 5.92 Å². The molecule has 0 heterocycles. The van der Waals surface area contributed by atoms with Crippen molar-refractivity contribution >= 4 is 5.97 Å². The molecule has 0 amide bonds. The Morgan fingerprint density at radius 2 is 1.16 bits per heavy atom. The minimum atomic E-state index is 0.0913. The summed E-state index contributed by atoms with van der Waals surface area (Å²) in [6.07, 6.45) is 34.7. The molecule has 0 aliphatic carbocycles. The number of nitrogens with zero attached hydrogens (tertiary/aromatic N) is 1. The molecule has 0 radical (unpaired) electrons. The van der Waals surface area contributed by atoms with Gasteiger partial charge in [0.2, 0.25) is 0 Å². The van der Waals surface area contributed by atoms with Gasteiger partial charge in [0.15, 0.2) is 0 Å². The van der Waals surface area contributed by atoms with Crippen LogP contribution in [0.2, 0.25) is 0 Å². The summed E-state index contributed by atoms with van der Waals surface area (Å²) in [6, 6.07) is 7.22. The van der Waals surface area contributed by atoms with Gasteiger partial charge in [-0.25, -0.2) is 0 Å². The Morgan fingerprint density at radius 1 is 0.640 bits per heavy atom. The van der Waals surface area contributed by atoms with Gasteiger partial charge in [-0.15, -0.1) is 0 Å². The number of hydrogen-bond acceptors (Lipinski definition) is 3. The van der Waals surface area contributed by atoms with Crippen LogP contribution < -0.4 is 0 Å². The molecule has 1 rings (SSSR count). The highest BCUT2D eigenvalue weighted by atomic mass is 16.5. The molecule has 0 atom stereocenters. The lowest BCUT2D eigenvalue weighted by molar-refractivity contribution is -0.149. The first-order valence-electron chi connectivity index (χ1n) is 21.9. The van der Waals surface area contributed by atoms with Gasteiger partial charge in [-0.2, -0.15) is 0 Å². The molecule has 0 spiro atoms.